The fourth-order valence-corrected chi connectivity index (χ4v) is 6.00. The Kier molecular flexibility index (Phi) is 8.48. The molecule has 0 aliphatic carbocycles. The normalized spacial score (nSPS) is 25.9. The Hall–Kier alpha value is -3.46. The first kappa shape index (κ1) is 31.5. The van der Waals surface area contributed by atoms with E-state index in [0.717, 1.165) is 27.1 Å². The summed E-state index contributed by atoms with van der Waals surface area (Å²) in [7, 11) is 1.40. The maximum absolute atomic E-state index is 13.9. The standard InChI is InChI=1S/C25H23BrF3N3O3.C2HF3O2/c1-31-21(33)18-19(22(31)34)24(30-20(18)15-5-7-16(8-6-15)25(27,28)29)11-2-12-32(23(24)35)13-14-3-9-17(26)10-4-14;3-2(4,5)1(6)7/h3-10,18-20,30H,2,11-13H2,1H3;(H,6,7)/t18-,19-,20-,24-;/m1./s1. The van der Waals surface area contributed by atoms with Crippen molar-refractivity contribution in [3.63, 3.8) is 0 Å². The van der Waals surface area contributed by atoms with E-state index in [2.05, 4.69) is 21.2 Å². The van der Waals surface area contributed by atoms with Gasteiger partial charge in [0.25, 0.3) is 0 Å². The number of nitrogens with zero attached hydrogens (tertiary/aromatic N) is 2. The molecule has 8 nitrogen and oxygen atoms in total. The van der Waals surface area contributed by atoms with E-state index in [-0.39, 0.29) is 5.91 Å². The van der Waals surface area contributed by atoms with E-state index in [4.69, 9.17) is 9.90 Å². The zero-order valence-electron chi connectivity index (χ0n) is 21.8. The molecule has 0 radical (unpaired) electrons. The SMILES string of the molecule is CN1C(=O)[C@H]2[C@@H](c3ccc(C(F)(F)F)cc3)N[C@]3(CCCN(Cc4ccc(Br)cc4)C3=O)[C@H]2C1=O.O=C(O)C(F)(F)F. The van der Waals surface area contributed by atoms with Crippen LogP contribution in [0.3, 0.4) is 0 Å². The Morgan fingerprint density at radius 1 is 1.00 bits per heavy atom. The zero-order chi connectivity index (χ0) is 31.2. The predicted octanol–water partition coefficient (Wildman–Crippen LogP) is 4.54. The minimum absolute atomic E-state index is 0.257. The zero-order valence-corrected chi connectivity index (χ0v) is 23.4. The molecule has 1 spiro atoms. The van der Waals surface area contributed by atoms with Crippen LogP contribution >= 0.6 is 15.9 Å². The van der Waals surface area contributed by atoms with Gasteiger partial charge < -0.3 is 10.0 Å². The van der Waals surface area contributed by atoms with Gasteiger partial charge in [0.1, 0.15) is 5.54 Å². The molecule has 3 heterocycles. The second-order valence-corrected chi connectivity index (χ2v) is 11.1. The lowest BCUT2D eigenvalue weighted by Gasteiger charge is -2.42. The monoisotopic (exact) mass is 663 g/mol. The topological polar surface area (TPSA) is 107 Å². The van der Waals surface area contributed by atoms with Crippen molar-refractivity contribution in [2.45, 2.75) is 43.3 Å². The number of amides is 3. The first-order valence-corrected chi connectivity index (χ1v) is 13.4. The van der Waals surface area contributed by atoms with Gasteiger partial charge in [0.15, 0.2) is 0 Å². The highest BCUT2D eigenvalue weighted by molar-refractivity contribution is 9.10. The summed E-state index contributed by atoms with van der Waals surface area (Å²) in [5.74, 6) is -5.64. The number of piperidine rings is 1. The molecule has 0 unspecified atom stereocenters. The molecule has 0 bridgehead atoms. The molecule has 2 aromatic rings. The van der Waals surface area contributed by atoms with Gasteiger partial charge in [0, 0.05) is 30.7 Å². The van der Waals surface area contributed by atoms with Crippen LogP contribution in [0.15, 0.2) is 53.0 Å². The molecule has 2 aromatic carbocycles. The number of fused-ring (bicyclic) bond motifs is 2. The van der Waals surface area contributed by atoms with E-state index in [1.807, 2.05) is 24.3 Å². The van der Waals surface area contributed by atoms with E-state index in [1.165, 1.54) is 19.2 Å². The van der Waals surface area contributed by atoms with Crippen molar-refractivity contribution in [2.75, 3.05) is 13.6 Å². The highest BCUT2D eigenvalue weighted by Gasteiger charge is 2.68. The summed E-state index contributed by atoms with van der Waals surface area (Å²) < 4.78 is 71.9. The lowest BCUT2D eigenvalue weighted by Crippen LogP contribution is -2.63. The largest absolute Gasteiger partial charge is 0.490 e. The summed E-state index contributed by atoms with van der Waals surface area (Å²) in [6.45, 7) is 0.870. The first-order valence-electron chi connectivity index (χ1n) is 12.6. The fraction of sp³-hybridized carbons (Fsp3) is 0.407. The van der Waals surface area contributed by atoms with Crippen molar-refractivity contribution in [3.05, 3.63) is 69.7 Å². The van der Waals surface area contributed by atoms with Gasteiger partial charge in [-0.15, -0.1) is 0 Å². The molecule has 15 heteroatoms. The number of rotatable bonds is 3. The quantitative estimate of drug-likeness (QED) is 0.369. The molecule has 2 N–H and O–H groups in total. The Morgan fingerprint density at radius 3 is 2.10 bits per heavy atom. The van der Waals surface area contributed by atoms with E-state index in [9.17, 15) is 40.7 Å². The van der Waals surface area contributed by atoms with Gasteiger partial charge >= 0.3 is 18.3 Å². The van der Waals surface area contributed by atoms with Gasteiger partial charge in [-0.3, -0.25) is 24.6 Å². The molecule has 3 aliphatic rings. The van der Waals surface area contributed by atoms with Crippen molar-refractivity contribution >= 4 is 39.6 Å². The molecular weight excluding hydrogens is 640 g/mol. The average Bonchev–Trinajstić information content (AvgIpc) is 3.37. The van der Waals surface area contributed by atoms with Crippen LogP contribution in [-0.2, 0) is 31.9 Å². The molecule has 3 aliphatic heterocycles. The molecule has 0 aromatic heterocycles. The number of benzene rings is 2. The van der Waals surface area contributed by atoms with Crippen LogP contribution in [-0.4, -0.2) is 63.9 Å². The predicted molar refractivity (Wildman–Crippen MR) is 137 cm³/mol. The van der Waals surface area contributed by atoms with Crippen molar-refractivity contribution in [1.29, 1.82) is 0 Å². The summed E-state index contributed by atoms with van der Waals surface area (Å²) in [5, 5.41) is 10.4. The number of imide groups is 1. The van der Waals surface area contributed by atoms with Crippen LogP contribution in [0.4, 0.5) is 26.3 Å². The van der Waals surface area contributed by atoms with E-state index < -0.39 is 59.1 Å². The minimum atomic E-state index is -5.08. The van der Waals surface area contributed by atoms with Crippen molar-refractivity contribution < 1.29 is 50.6 Å². The molecule has 3 fully saturated rings. The third kappa shape index (κ3) is 5.89. The third-order valence-corrected chi connectivity index (χ3v) is 8.20. The number of carboxylic acid groups (broad SMARTS) is 1. The summed E-state index contributed by atoms with van der Waals surface area (Å²) in [6.07, 6.45) is -8.57. The van der Waals surface area contributed by atoms with Crippen LogP contribution < -0.4 is 5.32 Å². The lowest BCUT2D eigenvalue weighted by molar-refractivity contribution is -0.192. The first-order chi connectivity index (χ1) is 19.5. The number of carbonyl (C=O) groups excluding carboxylic acids is 3. The third-order valence-electron chi connectivity index (χ3n) is 7.67. The van der Waals surface area contributed by atoms with Gasteiger partial charge in [-0.05, 0) is 48.2 Å². The van der Waals surface area contributed by atoms with Gasteiger partial charge in [-0.25, -0.2) is 4.79 Å². The van der Waals surface area contributed by atoms with Crippen LogP contribution in [0.2, 0.25) is 0 Å². The second kappa shape index (κ2) is 11.3. The molecule has 3 saturated heterocycles. The summed E-state index contributed by atoms with van der Waals surface area (Å²) in [6, 6.07) is 11.4. The summed E-state index contributed by atoms with van der Waals surface area (Å²) in [4.78, 5) is 51.9. The molecule has 4 atom stereocenters. The molecule has 226 valence electrons. The molecule has 3 amide bonds. The van der Waals surface area contributed by atoms with Gasteiger partial charge in [0.05, 0.1) is 17.4 Å². The fourth-order valence-electron chi connectivity index (χ4n) is 5.74. The van der Waals surface area contributed by atoms with Crippen LogP contribution in [0, 0.1) is 11.8 Å². The Bertz CT molecular complexity index is 1380. The molecule has 0 saturated carbocycles. The van der Waals surface area contributed by atoms with E-state index >= 15 is 0 Å². The van der Waals surface area contributed by atoms with Gasteiger partial charge in [-0.1, -0.05) is 40.2 Å². The molecular formula is C27H24BrF6N3O5. The maximum atomic E-state index is 13.9. The second-order valence-electron chi connectivity index (χ2n) is 10.2. The molecule has 5 rings (SSSR count). The van der Waals surface area contributed by atoms with E-state index in [1.54, 1.807) is 4.90 Å². The van der Waals surface area contributed by atoms with Gasteiger partial charge in [0.2, 0.25) is 17.7 Å². The van der Waals surface area contributed by atoms with Gasteiger partial charge in [-0.2, -0.15) is 26.3 Å². The number of carboxylic acids is 1. The number of aliphatic carboxylic acids is 1. The summed E-state index contributed by atoms with van der Waals surface area (Å²) >= 11 is 3.40. The number of alkyl halides is 6. The highest BCUT2D eigenvalue weighted by Crippen LogP contribution is 2.52. The van der Waals surface area contributed by atoms with Crippen molar-refractivity contribution in [1.82, 2.24) is 15.1 Å². The number of carbonyl (C=O) groups is 4. The maximum Gasteiger partial charge on any atom is 0.490 e. The van der Waals surface area contributed by atoms with Crippen LogP contribution in [0.5, 0.6) is 0 Å². The van der Waals surface area contributed by atoms with Crippen LogP contribution in [0.25, 0.3) is 0 Å². The average molecular weight is 664 g/mol. The van der Waals surface area contributed by atoms with Crippen molar-refractivity contribution in [3.8, 4) is 0 Å². The van der Waals surface area contributed by atoms with E-state index in [0.29, 0.717) is 31.5 Å². The number of likely N-dealkylation sites (tertiary alicyclic amines) is 2. The lowest BCUT2D eigenvalue weighted by atomic mass is 9.74. The Labute approximate surface area is 243 Å². The number of nitrogens with one attached hydrogen (secondary N) is 1. The number of halogens is 7. The Morgan fingerprint density at radius 2 is 1.57 bits per heavy atom. The highest BCUT2D eigenvalue weighted by atomic mass is 79.9. The van der Waals surface area contributed by atoms with Crippen molar-refractivity contribution in [2.24, 2.45) is 11.8 Å². The minimum Gasteiger partial charge on any atom is -0.475 e. The number of hydrogen-bond donors (Lipinski definition) is 2. The van der Waals surface area contributed by atoms with Crippen LogP contribution in [0.1, 0.15) is 35.6 Å². The number of hydrogen-bond acceptors (Lipinski definition) is 5. The Balaban J connectivity index is 0.000000517. The summed E-state index contributed by atoms with van der Waals surface area (Å²) in [5.41, 5.74) is -0.716. The molecule has 42 heavy (non-hydrogen) atoms. The smallest absolute Gasteiger partial charge is 0.475 e.